The average Bonchev–Trinajstić information content (AvgIpc) is 2.91. The van der Waals surface area contributed by atoms with Crippen molar-refractivity contribution >= 4 is 52.7 Å². The Bertz CT molecular complexity index is 1140. The lowest BCUT2D eigenvalue weighted by Gasteiger charge is -2.25. The predicted molar refractivity (Wildman–Crippen MR) is 124 cm³/mol. The van der Waals surface area contributed by atoms with Crippen LogP contribution in [0.3, 0.4) is 0 Å². The number of nitrogen functional groups attached to an aromatic ring is 2. The third-order valence-electron chi connectivity index (χ3n) is 5.19. The van der Waals surface area contributed by atoms with Gasteiger partial charge in [0.1, 0.15) is 18.9 Å². The highest BCUT2D eigenvalue weighted by molar-refractivity contribution is 6.10. The van der Waals surface area contributed by atoms with Crippen LogP contribution in [0.1, 0.15) is 17.3 Å². The van der Waals surface area contributed by atoms with Gasteiger partial charge in [-0.15, -0.1) is 0 Å². The van der Waals surface area contributed by atoms with Crippen molar-refractivity contribution < 1.29 is 29.1 Å². The molecule has 0 aliphatic carbocycles. The van der Waals surface area contributed by atoms with E-state index in [9.17, 15) is 29.1 Å². The summed E-state index contributed by atoms with van der Waals surface area (Å²) in [7, 11) is 0. The number of phenolic OH excluding ortho intramolecular Hbond substituents is 1. The monoisotopic (exact) mass is 468 g/mol. The fourth-order valence-electron chi connectivity index (χ4n) is 3.56. The highest BCUT2D eigenvalue weighted by Crippen LogP contribution is 2.33. The fraction of sp³-hybridized carbons (Fsp3) is 0.227. The molecule has 3 rings (SSSR count). The molecule has 1 atom stereocenters. The third-order valence-corrected chi connectivity index (χ3v) is 5.19. The molecule has 1 aliphatic rings. The van der Waals surface area contributed by atoms with Crippen LogP contribution in [-0.4, -0.2) is 60.7 Å². The lowest BCUT2D eigenvalue weighted by Crippen LogP contribution is -2.54. The van der Waals surface area contributed by atoms with Gasteiger partial charge in [0.25, 0.3) is 11.8 Å². The smallest absolute Gasteiger partial charge is 0.252 e. The van der Waals surface area contributed by atoms with Crippen molar-refractivity contribution in [2.24, 2.45) is 0 Å². The van der Waals surface area contributed by atoms with E-state index in [1.54, 1.807) is 24.3 Å². The van der Waals surface area contributed by atoms with Crippen molar-refractivity contribution in [3.63, 3.8) is 0 Å². The van der Waals surface area contributed by atoms with Crippen molar-refractivity contribution in [3.05, 3.63) is 42.0 Å². The van der Waals surface area contributed by atoms with E-state index in [1.807, 2.05) is 0 Å². The van der Waals surface area contributed by atoms with E-state index in [1.165, 1.54) is 24.0 Å². The number of hydrogen-bond donors (Lipinski definition) is 5. The van der Waals surface area contributed by atoms with Gasteiger partial charge < -0.3 is 36.9 Å². The number of rotatable bonds is 6. The molecule has 0 saturated heterocycles. The average molecular weight is 468 g/mol. The van der Waals surface area contributed by atoms with E-state index in [4.69, 9.17) is 11.5 Å². The second-order valence-corrected chi connectivity index (χ2v) is 7.54. The highest BCUT2D eigenvalue weighted by Gasteiger charge is 2.37. The molecule has 0 bridgehead atoms. The highest BCUT2D eigenvalue weighted by atomic mass is 16.3. The fourth-order valence-corrected chi connectivity index (χ4v) is 3.56. The second kappa shape index (κ2) is 9.90. The summed E-state index contributed by atoms with van der Waals surface area (Å²) in [5, 5.41) is 14.7. The van der Waals surface area contributed by atoms with Crippen LogP contribution in [0.2, 0.25) is 0 Å². The molecule has 4 amide bonds. The van der Waals surface area contributed by atoms with Crippen LogP contribution in [0.4, 0.5) is 22.7 Å². The Labute approximate surface area is 194 Å². The van der Waals surface area contributed by atoms with Gasteiger partial charge in [0.05, 0.1) is 35.8 Å². The number of phenols is 1. The lowest BCUT2D eigenvalue weighted by atomic mass is 10.1. The molecule has 0 spiro atoms. The molecule has 1 unspecified atom stereocenters. The van der Waals surface area contributed by atoms with Gasteiger partial charge in [-0.2, -0.15) is 0 Å². The van der Waals surface area contributed by atoms with Crippen molar-refractivity contribution in [2.45, 2.75) is 13.0 Å². The number of carbonyl (C=O) groups is 5. The van der Waals surface area contributed by atoms with E-state index in [-0.39, 0.29) is 41.7 Å². The van der Waals surface area contributed by atoms with E-state index in [2.05, 4.69) is 10.6 Å². The zero-order chi connectivity index (χ0) is 25.0. The number of nitrogens with zero attached hydrogens (tertiary/aromatic N) is 2. The summed E-state index contributed by atoms with van der Waals surface area (Å²) < 4.78 is 0. The molecule has 7 N–H and O–H groups in total. The Kier molecular flexibility index (Phi) is 7.00. The second-order valence-electron chi connectivity index (χ2n) is 7.54. The molecule has 0 radical (unpaired) electrons. The van der Waals surface area contributed by atoms with Gasteiger partial charge in [-0.3, -0.25) is 24.1 Å². The van der Waals surface area contributed by atoms with Crippen LogP contribution in [0.15, 0.2) is 36.4 Å². The van der Waals surface area contributed by atoms with Gasteiger partial charge in [-0.25, -0.2) is 0 Å². The van der Waals surface area contributed by atoms with Crippen LogP contribution < -0.4 is 31.9 Å². The van der Waals surface area contributed by atoms with Crippen molar-refractivity contribution in [1.82, 2.24) is 10.6 Å². The number of para-hydroxylation sites is 2. The Morgan fingerprint density at radius 1 is 1.15 bits per heavy atom. The quantitative estimate of drug-likeness (QED) is 0.210. The molecule has 0 aromatic heterocycles. The topological polar surface area (TPSA) is 188 Å². The van der Waals surface area contributed by atoms with Gasteiger partial charge in [-0.05, 0) is 24.3 Å². The number of benzene rings is 2. The van der Waals surface area contributed by atoms with Crippen LogP contribution in [0.25, 0.3) is 0 Å². The Hall–Kier alpha value is -4.61. The largest absolute Gasteiger partial charge is 0.504 e. The molecule has 0 fully saturated rings. The first kappa shape index (κ1) is 24.0. The zero-order valence-corrected chi connectivity index (χ0v) is 18.3. The van der Waals surface area contributed by atoms with E-state index >= 15 is 0 Å². The number of carbonyl (C=O) groups excluding carboxylic acids is 5. The number of amides is 4. The molecule has 34 heavy (non-hydrogen) atoms. The van der Waals surface area contributed by atoms with Gasteiger partial charge in [0.15, 0.2) is 5.75 Å². The number of fused-ring (bicyclic) bond motifs is 1. The molecule has 0 saturated carbocycles. The van der Waals surface area contributed by atoms with Crippen molar-refractivity contribution in [1.29, 1.82) is 0 Å². The molecule has 12 heteroatoms. The van der Waals surface area contributed by atoms with Gasteiger partial charge >= 0.3 is 0 Å². The van der Waals surface area contributed by atoms with Gasteiger partial charge in [-0.1, -0.05) is 12.1 Å². The summed E-state index contributed by atoms with van der Waals surface area (Å²) >= 11 is 0. The Balaban J connectivity index is 1.98. The molecule has 2 aromatic carbocycles. The van der Waals surface area contributed by atoms with Crippen molar-refractivity contribution in [3.8, 4) is 5.75 Å². The third kappa shape index (κ3) is 4.90. The van der Waals surface area contributed by atoms with Crippen LogP contribution in [0.5, 0.6) is 5.75 Å². The number of hydrogen-bond acceptors (Lipinski definition) is 8. The minimum Gasteiger partial charge on any atom is -0.504 e. The first-order chi connectivity index (χ1) is 16.1. The summed E-state index contributed by atoms with van der Waals surface area (Å²) in [5.74, 6) is -2.73. The SMILES string of the molecule is CC(=O)N1CC(NC(=O)c2cc(N)c(O)c(N)c2)C(=O)N(CC(=O)NCC=O)c2ccccc21. The molecular formula is C22H24N6O6. The number of aldehydes is 1. The molecule has 12 nitrogen and oxygen atoms in total. The number of nitrogens with two attached hydrogens (primary N) is 2. The predicted octanol–water partition coefficient (Wildman–Crippen LogP) is -0.630. The Morgan fingerprint density at radius 3 is 2.35 bits per heavy atom. The summed E-state index contributed by atoms with van der Waals surface area (Å²) in [4.78, 5) is 64.2. The summed E-state index contributed by atoms with van der Waals surface area (Å²) in [6, 6.07) is 7.66. The number of anilines is 4. The normalized spacial score (nSPS) is 15.2. The molecule has 1 heterocycles. The summed E-state index contributed by atoms with van der Waals surface area (Å²) in [5.41, 5.74) is 11.8. The maximum absolute atomic E-state index is 13.5. The number of nitrogens with one attached hydrogen (secondary N) is 2. The van der Waals surface area contributed by atoms with Gasteiger partial charge in [0, 0.05) is 12.5 Å². The first-order valence-corrected chi connectivity index (χ1v) is 10.2. The molecule has 1 aliphatic heterocycles. The standard InChI is InChI=1S/C22H24N6O6/c1-12(30)27-10-16(26-21(33)13-8-14(23)20(32)15(24)9-13)22(34)28(11-19(31)25-6-7-29)18-5-3-2-4-17(18)27/h2-5,7-9,16,32H,6,10-11,23-24H2,1H3,(H,25,31)(H,26,33). The summed E-state index contributed by atoms with van der Waals surface area (Å²) in [6.07, 6.45) is 0.506. The maximum Gasteiger partial charge on any atom is 0.252 e. The molecule has 178 valence electrons. The maximum atomic E-state index is 13.5. The van der Waals surface area contributed by atoms with Crippen molar-refractivity contribution in [2.75, 3.05) is 40.9 Å². The lowest BCUT2D eigenvalue weighted by molar-refractivity contribution is -0.125. The summed E-state index contributed by atoms with van der Waals surface area (Å²) in [6.45, 7) is 0.438. The minimum atomic E-state index is -1.24. The van der Waals surface area contributed by atoms with E-state index in [0.29, 0.717) is 17.7 Å². The first-order valence-electron chi connectivity index (χ1n) is 10.2. The van der Waals surface area contributed by atoms with Gasteiger partial charge in [0.2, 0.25) is 11.8 Å². The van der Waals surface area contributed by atoms with E-state index in [0.717, 1.165) is 4.90 Å². The number of aromatic hydroxyl groups is 1. The van der Waals surface area contributed by atoms with Crippen LogP contribution in [0, 0.1) is 0 Å². The van der Waals surface area contributed by atoms with E-state index < -0.39 is 30.3 Å². The van der Waals surface area contributed by atoms with Crippen LogP contribution >= 0.6 is 0 Å². The van der Waals surface area contributed by atoms with Crippen LogP contribution in [-0.2, 0) is 19.2 Å². The zero-order valence-electron chi connectivity index (χ0n) is 18.3. The molecular weight excluding hydrogens is 444 g/mol. The molecule has 2 aromatic rings. The Morgan fingerprint density at radius 2 is 1.76 bits per heavy atom. The minimum absolute atomic E-state index is 0.00740.